The first-order chi connectivity index (χ1) is 10.2. The smallest absolute Gasteiger partial charge is 0.138 e. The van der Waals surface area contributed by atoms with Gasteiger partial charge in [-0.1, -0.05) is 13.0 Å². The molecule has 2 heterocycles. The minimum absolute atomic E-state index is 0.340. The first kappa shape index (κ1) is 15.6. The summed E-state index contributed by atoms with van der Waals surface area (Å²) in [6.45, 7) is 7.47. The zero-order valence-corrected chi connectivity index (χ0v) is 13.2. The molecule has 0 aliphatic rings. The maximum Gasteiger partial charge on any atom is 0.138 e. The molecule has 0 aromatic carbocycles. The van der Waals surface area contributed by atoms with E-state index in [0.29, 0.717) is 12.1 Å². The average molecular weight is 287 g/mol. The number of nitrogens with one attached hydrogen (secondary N) is 1. The van der Waals surface area contributed by atoms with Crippen molar-refractivity contribution in [3.63, 3.8) is 0 Å². The SMILES string of the molecule is CCCNC(Cc1cccnc1)Cc1ncnn1C(C)C. The summed E-state index contributed by atoms with van der Waals surface area (Å²) < 4.78 is 2.00. The summed E-state index contributed by atoms with van der Waals surface area (Å²) in [5.41, 5.74) is 1.25. The minimum atomic E-state index is 0.340. The zero-order chi connectivity index (χ0) is 15.1. The first-order valence-electron chi connectivity index (χ1n) is 7.71. The van der Waals surface area contributed by atoms with Crippen molar-refractivity contribution in [3.05, 3.63) is 42.2 Å². The van der Waals surface area contributed by atoms with Crippen LogP contribution in [0.5, 0.6) is 0 Å². The Labute approximate surface area is 126 Å². The lowest BCUT2D eigenvalue weighted by Crippen LogP contribution is -2.35. The first-order valence-corrected chi connectivity index (χ1v) is 7.71. The predicted molar refractivity (Wildman–Crippen MR) is 84.1 cm³/mol. The maximum absolute atomic E-state index is 4.42. The van der Waals surface area contributed by atoms with Crippen molar-refractivity contribution >= 4 is 0 Å². The van der Waals surface area contributed by atoms with E-state index in [-0.39, 0.29) is 0 Å². The van der Waals surface area contributed by atoms with Crippen molar-refractivity contribution in [2.24, 2.45) is 0 Å². The largest absolute Gasteiger partial charge is 0.313 e. The van der Waals surface area contributed by atoms with E-state index in [0.717, 1.165) is 31.6 Å². The molecule has 0 bridgehead atoms. The standard InChI is InChI=1S/C16H25N5/c1-4-7-18-15(9-14-6-5-8-17-11-14)10-16-19-12-20-21(16)13(2)3/h5-6,8,11-13,15,18H,4,7,9-10H2,1-3H3. The topological polar surface area (TPSA) is 55.6 Å². The number of pyridine rings is 1. The van der Waals surface area contributed by atoms with Gasteiger partial charge < -0.3 is 5.32 Å². The van der Waals surface area contributed by atoms with Gasteiger partial charge in [-0.2, -0.15) is 5.10 Å². The molecule has 0 radical (unpaired) electrons. The van der Waals surface area contributed by atoms with Gasteiger partial charge in [-0.25, -0.2) is 9.67 Å². The summed E-state index contributed by atoms with van der Waals surface area (Å²) in [4.78, 5) is 8.62. The van der Waals surface area contributed by atoms with E-state index < -0.39 is 0 Å². The fraction of sp³-hybridized carbons (Fsp3) is 0.562. The van der Waals surface area contributed by atoms with Gasteiger partial charge in [0, 0.05) is 30.9 Å². The number of aromatic nitrogens is 4. The number of nitrogens with zero attached hydrogens (tertiary/aromatic N) is 4. The van der Waals surface area contributed by atoms with Gasteiger partial charge in [0.05, 0.1) is 0 Å². The lowest BCUT2D eigenvalue weighted by molar-refractivity contribution is 0.452. The number of hydrogen-bond acceptors (Lipinski definition) is 4. The van der Waals surface area contributed by atoms with E-state index in [9.17, 15) is 0 Å². The fourth-order valence-corrected chi connectivity index (χ4v) is 2.44. The fourth-order valence-electron chi connectivity index (χ4n) is 2.44. The van der Waals surface area contributed by atoms with Gasteiger partial charge in [0.1, 0.15) is 12.2 Å². The van der Waals surface area contributed by atoms with Crippen LogP contribution in [0.3, 0.4) is 0 Å². The van der Waals surface area contributed by atoms with E-state index in [4.69, 9.17) is 0 Å². The van der Waals surface area contributed by atoms with Gasteiger partial charge >= 0.3 is 0 Å². The second-order valence-corrected chi connectivity index (χ2v) is 5.64. The average Bonchev–Trinajstić information content (AvgIpc) is 2.94. The molecule has 1 atom stereocenters. The van der Waals surface area contributed by atoms with Gasteiger partial charge in [0.2, 0.25) is 0 Å². The monoisotopic (exact) mass is 287 g/mol. The molecule has 2 aromatic rings. The maximum atomic E-state index is 4.42. The van der Waals surface area contributed by atoms with Crippen LogP contribution in [0.25, 0.3) is 0 Å². The Hall–Kier alpha value is -1.75. The lowest BCUT2D eigenvalue weighted by atomic mass is 10.0. The molecule has 1 N–H and O–H groups in total. The van der Waals surface area contributed by atoms with Crippen LogP contribution < -0.4 is 5.32 Å². The summed E-state index contributed by atoms with van der Waals surface area (Å²) in [5, 5.41) is 7.93. The lowest BCUT2D eigenvalue weighted by Gasteiger charge is -2.19. The second kappa shape index (κ2) is 7.88. The minimum Gasteiger partial charge on any atom is -0.313 e. The quantitative estimate of drug-likeness (QED) is 0.810. The van der Waals surface area contributed by atoms with E-state index in [2.05, 4.69) is 47.2 Å². The Morgan fingerprint density at radius 3 is 2.81 bits per heavy atom. The second-order valence-electron chi connectivity index (χ2n) is 5.64. The van der Waals surface area contributed by atoms with Crippen LogP contribution >= 0.6 is 0 Å². The van der Waals surface area contributed by atoms with Crippen LogP contribution in [-0.4, -0.2) is 32.3 Å². The van der Waals surface area contributed by atoms with Crippen LogP contribution in [0, 0.1) is 0 Å². The summed E-state index contributed by atoms with van der Waals surface area (Å²) in [7, 11) is 0. The Morgan fingerprint density at radius 1 is 1.29 bits per heavy atom. The van der Waals surface area contributed by atoms with Crippen molar-refractivity contribution in [2.45, 2.75) is 52.1 Å². The molecule has 5 nitrogen and oxygen atoms in total. The van der Waals surface area contributed by atoms with Gasteiger partial charge in [0.15, 0.2) is 0 Å². The molecule has 21 heavy (non-hydrogen) atoms. The molecule has 0 fully saturated rings. The molecule has 5 heteroatoms. The Morgan fingerprint density at radius 2 is 2.14 bits per heavy atom. The normalized spacial score (nSPS) is 12.8. The molecule has 0 saturated carbocycles. The van der Waals surface area contributed by atoms with E-state index >= 15 is 0 Å². The third-order valence-corrected chi connectivity index (χ3v) is 3.45. The van der Waals surface area contributed by atoms with E-state index in [1.807, 2.05) is 23.1 Å². The highest BCUT2D eigenvalue weighted by Crippen LogP contribution is 2.10. The molecule has 1 unspecified atom stereocenters. The Bertz CT molecular complexity index is 520. The number of hydrogen-bond donors (Lipinski definition) is 1. The molecule has 0 spiro atoms. The molecule has 2 aromatic heterocycles. The molecule has 0 aliphatic heterocycles. The van der Waals surface area contributed by atoms with Crippen molar-refractivity contribution in [3.8, 4) is 0 Å². The van der Waals surface area contributed by atoms with E-state index in [1.165, 1.54) is 5.56 Å². The van der Waals surface area contributed by atoms with Crippen LogP contribution in [0.15, 0.2) is 30.9 Å². The van der Waals surface area contributed by atoms with Crippen LogP contribution in [-0.2, 0) is 12.8 Å². The third-order valence-electron chi connectivity index (χ3n) is 3.45. The Balaban J connectivity index is 2.07. The van der Waals surface area contributed by atoms with E-state index in [1.54, 1.807) is 6.33 Å². The molecular formula is C16H25N5. The van der Waals surface area contributed by atoms with Crippen molar-refractivity contribution in [1.29, 1.82) is 0 Å². The molecule has 0 aliphatic carbocycles. The van der Waals surface area contributed by atoms with Crippen molar-refractivity contribution in [1.82, 2.24) is 25.1 Å². The van der Waals surface area contributed by atoms with Crippen LogP contribution in [0.1, 0.15) is 44.6 Å². The molecular weight excluding hydrogens is 262 g/mol. The Kier molecular flexibility index (Phi) is 5.87. The van der Waals surface area contributed by atoms with Crippen molar-refractivity contribution < 1.29 is 0 Å². The summed E-state index contributed by atoms with van der Waals surface area (Å²) in [6.07, 6.45) is 8.36. The molecule has 2 rings (SSSR count). The third kappa shape index (κ3) is 4.63. The highest BCUT2D eigenvalue weighted by Gasteiger charge is 2.15. The highest BCUT2D eigenvalue weighted by atomic mass is 15.3. The van der Waals surface area contributed by atoms with Crippen LogP contribution in [0.2, 0.25) is 0 Å². The molecule has 0 saturated heterocycles. The van der Waals surface area contributed by atoms with Gasteiger partial charge in [-0.05, 0) is 44.9 Å². The van der Waals surface area contributed by atoms with Gasteiger partial charge in [0.25, 0.3) is 0 Å². The predicted octanol–water partition coefficient (Wildman–Crippen LogP) is 2.41. The zero-order valence-electron chi connectivity index (χ0n) is 13.2. The summed E-state index contributed by atoms with van der Waals surface area (Å²) in [5.74, 6) is 1.04. The van der Waals surface area contributed by atoms with Crippen molar-refractivity contribution in [2.75, 3.05) is 6.54 Å². The van der Waals surface area contributed by atoms with Gasteiger partial charge in [-0.3, -0.25) is 4.98 Å². The van der Waals surface area contributed by atoms with Crippen LogP contribution in [0.4, 0.5) is 0 Å². The van der Waals surface area contributed by atoms with Gasteiger partial charge in [-0.15, -0.1) is 0 Å². The number of rotatable bonds is 8. The highest BCUT2D eigenvalue weighted by molar-refractivity contribution is 5.11. The summed E-state index contributed by atoms with van der Waals surface area (Å²) in [6, 6.07) is 4.81. The summed E-state index contributed by atoms with van der Waals surface area (Å²) >= 11 is 0. The molecule has 114 valence electrons. The molecule has 0 amide bonds.